The van der Waals surface area contributed by atoms with Crippen LogP contribution in [0.15, 0.2) is 36.5 Å². The predicted molar refractivity (Wildman–Crippen MR) is 75.3 cm³/mol. The van der Waals surface area contributed by atoms with Gasteiger partial charge in [-0.3, -0.25) is 0 Å². The molecule has 3 rings (SSSR count). The number of nitrogens with zero attached hydrogens (tertiary/aromatic N) is 3. The molecule has 2 aromatic heterocycles. The highest BCUT2D eigenvalue weighted by Crippen LogP contribution is 2.20. The van der Waals surface area contributed by atoms with Crippen LogP contribution >= 0.6 is 0 Å². The van der Waals surface area contributed by atoms with Crippen molar-refractivity contribution in [3.8, 4) is 5.82 Å². The fourth-order valence-corrected chi connectivity index (χ4v) is 2.29. The van der Waals surface area contributed by atoms with E-state index in [1.807, 2.05) is 37.3 Å². The number of carbonyl (C=O) groups is 1. The highest BCUT2D eigenvalue weighted by atomic mass is 16.4. The van der Waals surface area contributed by atoms with Gasteiger partial charge >= 0.3 is 5.97 Å². The number of hydrogen-bond acceptors (Lipinski definition) is 3. The summed E-state index contributed by atoms with van der Waals surface area (Å²) in [6, 6.07) is 9.76. The molecule has 2 heterocycles. The normalized spacial score (nSPS) is 10.9. The zero-order valence-corrected chi connectivity index (χ0v) is 11.2. The lowest BCUT2D eigenvalue weighted by Crippen LogP contribution is -2.05. The largest absolute Gasteiger partial charge is 0.478 e. The van der Waals surface area contributed by atoms with Crippen LogP contribution in [0.3, 0.4) is 0 Å². The summed E-state index contributed by atoms with van der Waals surface area (Å²) in [5.74, 6) is -0.350. The third kappa shape index (κ3) is 1.84. The molecule has 0 atom stereocenters. The van der Waals surface area contributed by atoms with Gasteiger partial charge in [-0.05, 0) is 31.5 Å². The van der Waals surface area contributed by atoms with E-state index in [0.717, 1.165) is 16.5 Å². The van der Waals surface area contributed by atoms with Gasteiger partial charge in [0.15, 0.2) is 5.82 Å². The second-order valence-corrected chi connectivity index (χ2v) is 4.68. The summed E-state index contributed by atoms with van der Waals surface area (Å²) in [6.07, 6.45) is 1.35. The van der Waals surface area contributed by atoms with Crippen molar-refractivity contribution in [3.63, 3.8) is 0 Å². The van der Waals surface area contributed by atoms with Gasteiger partial charge in [-0.1, -0.05) is 18.2 Å². The quantitative estimate of drug-likeness (QED) is 0.775. The van der Waals surface area contributed by atoms with E-state index in [2.05, 4.69) is 10.1 Å². The first kappa shape index (κ1) is 12.3. The summed E-state index contributed by atoms with van der Waals surface area (Å²) in [4.78, 5) is 15.6. The van der Waals surface area contributed by atoms with Gasteiger partial charge in [0.2, 0.25) is 0 Å². The number of aryl methyl sites for hydroxylation is 1. The number of aromatic carboxylic acids is 1. The minimum Gasteiger partial charge on any atom is -0.478 e. The number of carboxylic acids is 1. The van der Waals surface area contributed by atoms with Gasteiger partial charge in [-0.15, -0.1) is 0 Å². The Morgan fingerprint density at radius 3 is 2.70 bits per heavy atom. The van der Waals surface area contributed by atoms with Gasteiger partial charge in [0.1, 0.15) is 5.56 Å². The Balaban J connectivity index is 2.22. The molecule has 0 unspecified atom stereocenters. The van der Waals surface area contributed by atoms with E-state index in [1.165, 1.54) is 6.20 Å². The van der Waals surface area contributed by atoms with Crippen molar-refractivity contribution in [2.24, 2.45) is 0 Å². The topological polar surface area (TPSA) is 68.0 Å². The van der Waals surface area contributed by atoms with E-state index in [-0.39, 0.29) is 5.56 Å². The highest BCUT2D eigenvalue weighted by Gasteiger charge is 2.15. The highest BCUT2D eigenvalue weighted by molar-refractivity contribution is 5.88. The van der Waals surface area contributed by atoms with E-state index in [4.69, 9.17) is 5.11 Å². The van der Waals surface area contributed by atoms with Crippen molar-refractivity contribution in [2.75, 3.05) is 0 Å². The van der Waals surface area contributed by atoms with Crippen LogP contribution in [0, 0.1) is 13.8 Å². The zero-order chi connectivity index (χ0) is 14.3. The maximum atomic E-state index is 11.1. The molecular weight excluding hydrogens is 254 g/mol. The Hall–Kier alpha value is -2.69. The zero-order valence-electron chi connectivity index (χ0n) is 11.2. The molecule has 5 heteroatoms. The van der Waals surface area contributed by atoms with E-state index in [1.54, 1.807) is 11.6 Å². The van der Waals surface area contributed by atoms with Crippen LogP contribution in [-0.4, -0.2) is 25.8 Å². The fourth-order valence-electron chi connectivity index (χ4n) is 2.29. The number of para-hydroxylation sites is 1. The van der Waals surface area contributed by atoms with Crippen molar-refractivity contribution in [3.05, 3.63) is 53.3 Å². The summed E-state index contributed by atoms with van der Waals surface area (Å²) in [6.45, 7) is 3.73. The minimum absolute atomic E-state index is 0.192. The summed E-state index contributed by atoms with van der Waals surface area (Å²) in [5, 5.41) is 14.3. The molecule has 0 saturated carbocycles. The molecule has 0 aliphatic carbocycles. The van der Waals surface area contributed by atoms with Gasteiger partial charge < -0.3 is 5.11 Å². The molecule has 1 aromatic carbocycles. The number of pyridine rings is 1. The lowest BCUT2D eigenvalue weighted by molar-refractivity contribution is 0.0696. The number of benzene rings is 1. The predicted octanol–water partition coefficient (Wildman–Crippen LogP) is 2.74. The molecule has 0 radical (unpaired) electrons. The average molecular weight is 267 g/mol. The van der Waals surface area contributed by atoms with Crippen LogP contribution in [0.5, 0.6) is 0 Å². The van der Waals surface area contributed by atoms with E-state index in [0.29, 0.717) is 11.5 Å². The molecule has 0 aliphatic heterocycles. The van der Waals surface area contributed by atoms with Gasteiger partial charge in [0, 0.05) is 5.39 Å². The standard InChI is InChI=1S/C15H13N3O2/c1-9-7-14(17-13-6-4-3-5-11(9)13)18-10(2)12(8-16-18)15(19)20/h3-8H,1-2H3,(H,19,20). The Morgan fingerprint density at radius 1 is 1.25 bits per heavy atom. The molecule has 0 fully saturated rings. The smallest absolute Gasteiger partial charge is 0.339 e. The second-order valence-electron chi connectivity index (χ2n) is 4.68. The first-order chi connectivity index (χ1) is 9.58. The van der Waals surface area contributed by atoms with Crippen LogP contribution in [0.25, 0.3) is 16.7 Å². The van der Waals surface area contributed by atoms with Crippen molar-refractivity contribution in [1.82, 2.24) is 14.8 Å². The molecule has 100 valence electrons. The number of aromatic nitrogens is 3. The molecule has 0 saturated heterocycles. The molecule has 1 N–H and O–H groups in total. The first-order valence-electron chi connectivity index (χ1n) is 6.22. The van der Waals surface area contributed by atoms with Crippen molar-refractivity contribution in [2.45, 2.75) is 13.8 Å². The molecular formula is C15H13N3O2. The van der Waals surface area contributed by atoms with Crippen LogP contribution in [0.2, 0.25) is 0 Å². The SMILES string of the molecule is Cc1cc(-n2ncc(C(=O)O)c2C)nc2ccccc12. The van der Waals surface area contributed by atoms with Crippen LogP contribution in [0.4, 0.5) is 0 Å². The maximum Gasteiger partial charge on any atom is 0.339 e. The van der Waals surface area contributed by atoms with E-state index in [9.17, 15) is 4.79 Å². The first-order valence-corrected chi connectivity index (χ1v) is 6.22. The maximum absolute atomic E-state index is 11.1. The van der Waals surface area contributed by atoms with Gasteiger partial charge in [0.05, 0.1) is 17.4 Å². The molecule has 0 spiro atoms. The molecule has 0 amide bonds. The van der Waals surface area contributed by atoms with E-state index < -0.39 is 5.97 Å². The minimum atomic E-state index is -0.980. The lowest BCUT2D eigenvalue weighted by atomic mass is 10.1. The number of carboxylic acid groups (broad SMARTS) is 1. The second kappa shape index (κ2) is 4.45. The van der Waals surface area contributed by atoms with Crippen molar-refractivity contribution in [1.29, 1.82) is 0 Å². The molecule has 3 aromatic rings. The Morgan fingerprint density at radius 2 is 2.00 bits per heavy atom. The number of fused-ring (bicyclic) bond motifs is 1. The molecule has 0 bridgehead atoms. The third-order valence-electron chi connectivity index (χ3n) is 3.37. The number of hydrogen-bond donors (Lipinski definition) is 1. The Bertz CT molecular complexity index is 821. The van der Waals surface area contributed by atoms with Crippen LogP contribution in [-0.2, 0) is 0 Å². The summed E-state index contributed by atoms with van der Waals surface area (Å²) in [5.41, 5.74) is 2.71. The Kier molecular flexibility index (Phi) is 2.75. The van der Waals surface area contributed by atoms with Crippen molar-refractivity contribution >= 4 is 16.9 Å². The number of rotatable bonds is 2. The lowest BCUT2D eigenvalue weighted by Gasteiger charge is -2.08. The molecule has 5 nitrogen and oxygen atoms in total. The average Bonchev–Trinajstić information content (AvgIpc) is 2.80. The van der Waals surface area contributed by atoms with Crippen LogP contribution < -0.4 is 0 Å². The molecule has 20 heavy (non-hydrogen) atoms. The van der Waals surface area contributed by atoms with Crippen molar-refractivity contribution < 1.29 is 9.90 Å². The van der Waals surface area contributed by atoms with Crippen LogP contribution in [0.1, 0.15) is 21.6 Å². The van der Waals surface area contributed by atoms with Gasteiger partial charge in [-0.25, -0.2) is 14.5 Å². The summed E-state index contributed by atoms with van der Waals surface area (Å²) < 4.78 is 1.56. The molecule has 0 aliphatic rings. The third-order valence-corrected chi connectivity index (χ3v) is 3.37. The van der Waals surface area contributed by atoms with Gasteiger partial charge in [0.25, 0.3) is 0 Å². The monoisotopic (exact) mass is 267 g/mol. The van der Waals surface area contributed by atoms with E-state index >= 15 is 0 Å². The van der Waals surface area contributed by atoms with Gasteiger partial charge in [-0.2, -0.15) is 5.10 Å². The Labute approximate surface area is 115 Å². The summed E-state index contributed by atoms with van der Waals surface area (Å²) in [7, 11) is 0. The fraction of sp³-hybridized carbons (Fsp3) is 0.133. The summed E-state index contributed by atoms with van der Waals surface area (Å²) >= 11 is 0.